The van der Waals surface area contributed by atoms with Gasteiger partial charge >= 0.3 is 0 Å². The minimum Gasteiger partial charge on any atom is -0.506 e. The fourth-order valence-electron chi connectivity index (χ4n) is 2.15. The molecule has 0 saturated carbocycles. The third kappa shape index (κ3) is 3.60. The highest BCUT2D eigenvalue weighted by atomic mass is 35.5. The van der Waals surface area contributed by atoms with Crippen molar-refractivity contribution >= 4 is 21.6 Å². The first kappa shape index (κ1) is 14.6. The minimum atomic E-state index is -3.10. The molecule has 1 aliphatic rings. The molecule has 5 nitrogen and oxygen atoms in total. The van der Waals surface area contributed by atoms with Gasteiger partial charge < -0.3 is 5.11 Å². The molecule has 106 valence electrons. The Morgan fingerprint density at radius 2 is 1.89 bits per heavy atom. The van der Waals surface area contributed by atoms with Crippen LogP contribution in [0.4, 0.5) is 0 Å². The van der Waals surface area contributed by atoms with Crippen molar-refractivity contribution in [3.63, 3.8) is 0 Å². The number of phenolic OH excluding ortho intramolecular Hbond substituents is 1. The van der Waals surface area contributed by atoms with E-state index in [2.05, 4.69) is 4.90 Å². The quantitative estimate of drug-likeness (QED) is 0.909. The molecule has 0 bridgehead atoms. The van der Waals surface area contributed by atoms with Gasteiger partial charge in [0.15, 0.2) is 0 Å². The van der Waals surface area contributed by atoms with Crippen LogP contribution in [0.25, 0.3) is 0 Å². The molecule has 0 aliphatic carbocycles. The van der Waals surface area contributed by atoms with E-state index < -0.39 is 10.0 Å². The lowest BCUT2D eigenvalue weighted by molar-refractivity contribution is 0.180. The molecule has 19 heavy (non-hydrogen) atoms. The van der Waals surface area contributed by atoms with E-state index in [1.165, 1.54) is 10.6 Å². The Bertz CT molecular complexity index is 554. The molecule has 0 spiro atoms. The second-order valence-corrected chi connectivity index (χ2v) is 7.08. The summed E-state index contributed by atoms with van der Waals surface area (Å²) in [7, 11) is -3.10. The van der Waals surface area contributed by atoms with Crippen molar-refractivity contribution in [3.05, 3.63) is 28.8 Å². The summed E-state index contributed by atoms with van der Waals surface area (Å²) in [5.41, 5.74) is 0.764. The molecular weight excluding hydrogens is 288 g/mol. The highest BCUT2D eigenvalue weighted by Crippen LogP contribution is 2.28. The molecular formula is C12H17ClN2O3S. The summed E-state index contributed by atoms with van der Waals surface area (Å²) < 4.78 is 24.3. The number of phenols is 1. The zero-order valence-corrected chi connectivity index (χ0v) is 12.3. The summed E-state index contributed by atoms with van der Waals surface area (Å²) in [5.74, 6) is 0.106. The molecule has 0 atom stereocenters. The Morgan fingerprint density at radius 3 is 2.47 bits per heavy atom. The molecule has 1 aliphatic heterocycles. The van der Waals surface area contributed by atoms with E-state index in [4.69, 9.17) is 11.6 Å². The first-order valence-corrected chi connectivity index (χ1v) is 8.24. The third-order valence-electron chi connectivity index (χ3n) is 3.26. The van der Waals surface area contributed by atoms with Crippen LogP contribution in [0.1, 0.15) is 5.56 Å². The number of benzene rings is 1. The molecule has 0 amide bonds. The Hall–Kier alpha value is -0.820. The topological polar surface area (TPSA) is 60.9 Å². The second-order valence-electron chi connectivity index (χ2n) is 4.69. The minimum absolute atomic E-state index is 0.106. The monoisotopic (exact) mass is 304 g/mol. The maximum atomic E-state index is 11.4. The molecule has 1 aromatic carbocycles. The van der Waals surface area contributed by atoms with Crippen molar-refractivity contribution in [2.75, 3.05) is 32.4 Å². The Kier molecular flexibility index (Phi) is 4.35. The van der Waals surface area contributed by atoms with Crippen LogP contribution in [0.3, 0.4) is 0 Å². The zero-order valence-electron chi connectivity index (χ0n) is 10.7. The van der Waals surface area contributed by atoms with Crippen molar-refractivity contribution in [1.29, 1.82) is 0 Å². The standard InChI is InChI=1S/C12H17ClN2O3S/c1-19(17,18)15-7-5-14(6-8-15)9-10-3-2-4-11(13)12(10)16/h2-4,16H,5-9H2,1H3. The van der Waals surface area contributed by atoms with Gasteiger partial charge in [0.05, 0.1) is 11.3 Å². The zero-order chi connectivity index (χ0) is 14.0. The predicted octanol–water partition coefficient (Wildman–Crippen LogP) is 1.12. The van der Waals surface area contributed by atoms with E-state index in [1.807, 2.05) is 6.07 Å². The van der Waals surface area contributed by atoms with Gasteiger partial charge in [-0.25, -0.2) is 8.42 Å². The van der Waals surface area contributed by atoms with Crippen LogP contribution < -0.4 is 0 Å². The molecule has 0 unspecified atom stereocenters. The lowest BCUT2D eigenvalue weighted by Gasteiger charge is -2.33. The van der Waals surface area contributed by atoms with Crippen molar-refractivity contribution < 1.29 is 13.5 Å². The number of aromatic hydroxyl groups is 1. The van der Waals surface area contributed by atoms with Gasteiger partial charge in [-0.15, -0.1) is 0 Å². The molecule has 0 aromatic heterocycles. The van der Waals surface area contributed by atoms with E-state index in [9.17, 15) is 13.5 Å². The van der Waals surface area contributed by atoms with Gasteiger partial charge in [0.25, 0.3) is 0 Å². The van der Waals surface area contributed by atoms with Gasteiger partial charge in [0, 0.05) is 38.3 Å². The first-order chi connectivity index (χ1) is 8.88. The van der Waals surface area contributed by atoms with Crippen LogP contribution in [0.5, 0.6) is 5.75 Å². The number of halogens is 1. The summed E-state index contributed by atoms with van der Waals surface area (Å²) in [6.07, 6.45) is 1.23. The Morgan fingerprint density at radius 1 is 1.26 bits per heavy atom. The fraction of sp³-hybridized carbons (Fsp3) is 0.500. The second kappa shape index (κ2) is 5.66. The van der Waals surface area contributed by atoms with Gasteiger partial charge in [-0.1, -0.05) is 23.7 Å². The van der Waals surface area contributed by atoms with Gasteiger partial charge in [0.2, 0.25) is 10.0 Å². The third-order valence-corrected chi connectivity index (χ3v) is 4.87. The number of sulfonamides is 1. The van der Waals surface area contributed by atoms with Gasteiger partial charge in [-0.05, 0) is 6.07 Å². The average molecular weight is 305 g/mol. The lowest BCUT2D eigenvalue weighted by atomic mass is 10.2. The van der Waals surface area contributed by atoms with Crippen LogP contribution in [0.15, 0.2) is 18.2 Å². The summed E-state index contributed by atoms with van der Waals surface area (Å²) in [5, 5.41) is 10.2. The SMILES string of the molecule is CS(=O)(=O)N1CCN(Cc2cccc(Cl)c2O)CC1. The molecule has 1 heterocycles. The summed E-state index contributed by atoms with van der Waals surface area (Å²) in [6, 6.07) is 5.26. The number of hydrogen-bond acceptors (Lipinski definition) is 4. The van der Waals surface area contributed by atoms with Crippen LogP contribution in [-0.2, 0) is 16.6 Å². The van der Waals surface area contributed by atoms with E-state index in [-0.39, 0.29) is 5.75 Å². The van der Waals surface area contributed by atoms with Crippen molar-refractivity contribution in [3.8, 4) is 5.75 Å². The molecule has 7 heteroatoms. The van der Waals surface area contributed by atoms with Crippen molar-refractivity contribution in [2.45, 2.75) is 6.54 Å². The number of nitrogens with zero attached hydrogens (tertiary/aromatic N) is 2. The Balaban J connectivity index is 1.98. The number of hydrogen-bond donors (Lipinski definition) is 1. The van der Waals surface area contributed by atoms with Crippen LogP contribution in [-0.4, -0.2) is 55.2 Å². The molecule has 1 saturated heterocycles. The molecule has 0 radical (unpaired) electrons. The summed E-state index contributed by atoms with van der Waals surface area (Å²) in [6.45, 7) is 2.85. The largest absolute Gasteiger partial charge is 0.506 e. The van der Waals surface area contributed by atoms with Crippen molar-refractivity contribution in [2.24, 2.45) is 0 Å². The molecule has 1 fully saturated rings. The lowest BCUT2D eigenvalue weighted by Crippen LogP contribution is -2.47. The molecule has 2 rings (SSSR count). The van der Waals surface area contributed by atoms with E-state index in [1.54, 1.807) is 12.1 Å². The average Bonchev–Trinajstić information content (AvgIpc) is 2.35. The number of rotatable bonds is 3. The van der Waals surface area contributed by atoms with E-state index >= 15 is 0 Å². The summed E-state index contributed by atoms with van der Waals surface area (Å²) >= 11 is 5.86. The van der Waals surface area contributed by atoms with E-state index in [0.717, 1.165) is 5.56 Å². The highest BCUT2D eigenvalue weighted by molar-refractivity contribution is 7.88. The maximum absolute atomic E-state index is 11.4. The number of piperazine rings is 1. The smallest absolute Gasteiger partial charge is 0.211 e. The fourth-order valence-corrected chi connectivity index (χ4v) is 3.17. The Labute approximate surface area is 118 Å². The molecule has 1 aromatic rings. The van der Waals surface area contributed by atoms with Crippen LogP contribution in [0, 0.1) is 0 Å². The van der Waals surface area contributed by atoms with Gasteiger partial charge in [0.1, 0.15) is 5.75 Å². The molecule has 1 N–H and O–H groups in total. The van der Waals surface area contributed by atoms with Gasteiger partial charge in [-0.3, -0.25) is 4.90 Å². The van der Waals surface area contributed by atoms with Crippen LogP contribution >= 0.6 is 11.6 Å². The predicted molar refractivity (Wildman–Crippen MR) is 74.8 cm³/mol. The van der Waals surface area contributed by atoms with Crippen LogP contribution in [0.2, 0.25) is 5.02 Å². The maximum Gasteiger partial charge on any atom is 0.211 e. The normalized spacial score (nSPS) is 18.6. The van der Waals surface area contributed by atoms with E-state index in [0.29, 0.717) is 37.7 Å². The van der Waals surface area contributed by atoms with Crippen molar-refractivity contribution in [1.82, 2.24) is 9.21 Å². The summed E-state index contributed by atoms with van der Waals surface area (Å²) in [4.78, 5) is 2.10. The van der Waals surface area contributed by atoms with Gasteiger partial charge in [-0.2, -0.15) is 4.31 Å². The highest BCUT2D eigenvalue weighted by Gasteiger charge is 2.23. The number of para-hydroxylation sites is 1. The first-order valence-electron chi connectivity index (χ1n) is 6.02.